The van der Waals surface area contributed by atoms with Crippen LogP contribution < -0.4 is 10.5 Å². The van der Waals surface area contributed by atoms with E-state index in [2.05, 4.69) is 0 Å². The third-order valence-corrected chi connectivity index (χ3v) is 3.62. The maximum atomic E-state index is 13.3. The molecule has 1 fully saturated rings. The first-order valence-corrected chi connectivity index (χ1v) is 6.39. The summed E-state index contributed by atoms with van der Waals surface area (Å²) < 4.78 is 18.2. The zero-order valence-corrected chi connectivity index (χ0v) is 11.2. The van der Waals surface area contributed by atoms with Crippen molar-refractivity contribution in [2.75, 3.05) is 20.7 Å². The molecule has 1 aliphatic rings. The highest BCUT2D eigenvalue weighted by atomic mass is 19.1. The fraction of sp³-hybridized carbons (Fsp3) is 0.500. The van der Waals surface area contributed by atoms with Gasteiger partial charge in [-0.1, -0.05) is 0 Å². The van der Waals surface area contributed by atoms with Crippen LogP contribution in [-0.4, -0.2) is 37.6 Å². The second-order valence-electron chi connectivity index (χ2n) is 4.91. The van der Waals surface area contributed by atoms with Crippen LogP contribution in [0.2, 0.25) is 0 Å². The van der Waals surface area contributed by atoms with Gasteiger partial charge in [-0.25, -0.2) is 4.39 Å². The molecule has 1 aliphatic carbocycles. The molecule has 2 N–H and O–H groups in total. The minimum atomic E-state index is -0.473. The average molecular weight is 266 g/mol. The van der Waals surface area contributed by atoms with Gasteiger partial charge in [0.1, 0.15) is 0 Å². The second-order valence-corrected chi connectivity index (χ2v) is 4.91. The summed E-state index contributed by atoms with van der Waals surface area (Å²) in [7, 11) is 3.12. The topological polar surface area (TPSA) is 55.6 Å². The van der Waals surface area contributed by atoms with E-state index in [4.69, 9.17) is 10.5 Å². The lowest BCUT2D eigenvalue weighted by atomic mass is 10.1. The standard InChI is InChI=1S/C14H19FN2O2/c1-17(12(8-16)9-3-4-9)14(18)10-5-6-11(15)13(7-10)19-2/h5-7,9,12H,3-4,8,16H2,1-2H3. The monoisotopic (exact) mass is 266 g/mol. The van der Waals surface area contributed by atoms with Crippen LogP contribution in [0.15, 0.2) is 18.2 Å². The second kappa shape index (κ2) is 5.57. The molecule has 0 aromatic heterocycles. The molecule has 4 nitrogen and oxygen atoms in total. The number of hydrogen-bond donors (Lipinski definition) is 1. The molecule has 0 bridgehead atoms. The summed E-state index contributed by atoms with van der Waals surface area (Å²) in [6.45, 7) is 0.450. The molecule has 0 spiro atoms. The van der Waals surface area contributed by atoms with Crippen LogP contribution in [0.3, 0.4) is 0 Å². The molecule has 104 valence electrons. The predicted molar refractivity (Wildman–Crippen MR) is 70.6 cm³/mol. The van der Waals surface area contributed by atoms with Gasteiger partial charge in [-0.3, -0.25) is 4.79 Å². The molecule has 1 atom stereocenters. The van der Waals surface area contributed by atoms with Gasteiger partial charge in [0, 0.05) is 25.2 Å². The van der Waals surface area contributed by atoms with Crippen molar-refractivity contribution < 1.29 is 13.9 Å². The van der Waals surface area contributed by atoms with E-state index in [0.717, 1.165) is 12.8 Å². The van der Waals surface area contributed by atoms with Crippen molar-refractivity contribution in [2.45, 2.75) is 18.9 Å². The summed E-state index contributed by atoms with van der Waals surface area (Å²) in [4.78, 5) is 14.0. The Morgan fingerprint density at radius 1 is 1.58 bits per heavy atom. The Bertz CT molecular complexity index is 475. The van der Waals surface area contributed by atoms with E-state index in [0.29, 0.717) is 18.0 Å². The molecule has 1 amide bonds. The van der Waals surface area contributed by atoms with Crippen LogP contribution in [0.1, 0.15) is 23.2 Å². The lowest BCUT2D eigenvalue weighted by Gasteiger charge is -2.27. The maximum absolute atomic E-state index is 13.3. The van der Waals surface area contributed by atoms with Crippen molar-refractivity contribution in [3.05, 3.63) is 29.6 Å². The van der Waals surface area contributed by atoms with Crippen molar-refractivity contribution in [1.29, 1.82) is 0 Å². The fourth-order valence-corrected chi connectivity index (χ4v) is 2.29. The quantitative estimate of drug-likeness (QED) is 0.881. The van der Waals surface area contributed by atoms with Gasteiger partial charge in [0.25, 0.3) is 5.91 Å². The Kier molecular flexibility index (Phi) is 4.04. The van der Waals surface area contributed by atoms with Crippen LogP contribution in [0.25, 0.3) is 0 Å². The molecule has 1 unspecified atom stereocenters. The van der Waals surface area contributed by atoms with Crippen LogP contribution in [-0.2, 0) is 0 Å². The number of carbonyl (C=O) groups excluding carboxylic acids is 1. The SMILES string of the molecule is COc1cc(C(=O)N(C)C(CN)C2CC2)ccc1F. The number of nitrogens with two attached hydrogens (primary N) is 1. The van der Waals surface area contributed by atoms with E-state index >= 15 is 0 Å². The van der Waals surface area contributed by atoms with Gasteiger partial charge in [0.05, 0.1) is 7.11 Å². The predicted octanol–water partition coefficient (Wildman–Crippen LogP) is 1.64. The highest BCUT2D eigenvalue weighted by Gasteiger charge is 2.35. The van der Waals surface area contributed by atoms with Gasteiger partial charge in [0.15, 0.2) is 11.6 Å². The smallest absolute Gasteiger partial charge is 0.254 e. The Balaban J connectivity index is 2.18. The first kappa shape index (κ1) is 13.8. The first-order chi connectivity index (χ1) is 9.08. The number of ether oxygens (including phenoxy) is 1. The van der Waals surface area contributed by atoms with Crippen molar-refractivity contribution in [2.24, 2.45) is 11.7 Å². The molecule has 0 radical (unpaired) electrons. The molecule has 0 heterocycles. The zero-order chi connectivity index (χ0) is 14.0. The fourth-order valence-electron chi connectivity index (χ4n) is 2.29. The van der Waals surface area contributed by atoms with Gasteiger partial charge in [-0.05, 0) is 37.0 Å². The Morgan fingerprint density at radius 2 is 2.26 bits per heavy atom. The average Bonchev–Trinajstić information content (AvgIpc) is 3.24. The molecule has 1 saturated carbocycles. The number of methoxy groups -OCH3 is 1. The minimum absolute atomic E-state index is 0.0588. The number of halogens is 1. The van der Waals surface area contributed by atoms with Crippen LogP contribution in [0.5, 0.6) is 5.75 Å². The van der Waals surface area contributed by atoms with Crippen molar-refractivity contribution >= 4 is 5.91 Å². The van der Waals surface area contributed by atoms with Crippen LogP contribution in [0, 0.1) is 11.7 Å². The molecule has 2 rings (SSSR count). The van der Waals surface area contributed by atoms with E-state index in [1.165, 1.54) is 25.3 Å². The summed E-state index contributed by atoms with van der Waals surface area (Å²) >= 11 is 0. The minimum Gasteiger partial charge on any atom is -0.494 e. The highest BCUT2D eigenvalue weighted by Crippen LogP contribution is 2.35. The summed E-state index contributed by atoms with van der Waals surface area (Å²) in [5, 5.41) is 0. The lowest BCUT2D eigenvalue weighted by Crippen LogP contribution is -2.43. The molecular formula is C14H19FN2O2. The zero-order valence-electron chi connectivity index (χ0n) is 11.2. The van der Waals surface area contributed by atoms with E-state index in [9.17, 15) is 9.18 Å². The van der Waals surface area contributed by atoms with E-state index in [-0.39, 0.29) is 17.7 Å². The Hall–Kier alpha value is -1.62. The summed E-state index contributed by atoms with van der Waals surface area (Å²) in [6, 6.07) is 4.20. The van der Waals surface area contributed by atoms with Gasteiger partial charge in [0.2, 0.25) is 0 Å². The molecule has 1 aromatic carbocycles. The van der Waals surface area contributed by atoms with Crippen molar-refractivity contribution in [1.82, 2.24) is 4.90 Å². The number of likely N-dealkylation sites (N-methyl/N-ethyl adjacent to an activating group) is 1. The number of amides is 1. The van der Waals surface area contributed by atoms with Crippen LogP contribution >= 0.6 is 0 Å². The van der Waals surface area contributed by atoms with Gasteiger partial charge >= 0.3 is 0 Å². The van der Waals surface area contributed by atoms with E-state index in [1.807, 2.05) is 0 Å². The molecule has 0 aliphatic heterocycles. The van der Waals surface area contributed by atoms with E-state index in [1.54, 1.807) is 11.9 Å². The van der Waals surface area contributed by atoms with Gasteiger partial charge < -0.3 is 15.4 Å². The number of nitrogens with zero attached hydrogens (tertiary/aromatic N) is 1. The van der Waals surface area contributed by atoms with Crippen molar-refractivity contribution in [3.63, 3.8) is 0 Å². The number of rotatable bonds is 5. The molecule has 19 heavy (non-hydrogen) atoms. The van der Waals surface area contributed by atoms with Crippen LogP contribution in [0.4, 0.5) is 4.39 Å². The Morgan fingerprint density at radius 3 is 2.79 bits per heavy atom. The number of carbonyl (C=O) groups is 1. The molecule has 1 aromatic rings. The third kappa shape index (κ3) is 2.87. The van der Waals surface area contributed by atoms with Crippen molar-refractivity contribution in [3.8, 4) is 5.75 Å². The first-order valence-electron chi connectivity index (χ1n) is 6.39. The molecule has 0 saturated heterocycles. The summed E-state index contributed by atoms with van der Waals surface area (Å²) in [5.74, 6) is -0.0452. The molecule has 5 heteroatoms. The summed E-state index contributed by atoms with van der Waals surface area (Å²) in [6.07, 6.45) is 2.23. The van der Waals surface area contributed by atoms with Gasteiger partial charge in [-0.15, -0.1) is 0 Å². The molecular weight excluding hydrogens is 247 g/mol. The maximum Gasteiger partial charge on any atom is 0.254 e. The normalized spacial score (nSPS) is 16.0. The largest absolute Gasteiger partial charge is 0.494 e. The van der Waals surface area contributed by atoms with E-state index < -0.39 is 5.82 Å². The highest BCUT2D eigenvalue weighted by molar-refractivity contribution is 5.94. The van der Waals surface area contributed by atoms with Gasteiger partial charge in [-0.2, -0.15) is 0 Å². The Labute approximate surface area is 112 Å². The summed E-state index contributed by atoms with van der Waals surface area (Å²) in [5.41, 5.74) is 6.15. The lowest BCUT2D eigenvalue weighted by molar-refractivity contribution is 0.0718. The number of benzene rings is 1. The third-order valence-electron chi connectivity index (χ3n) is 3.62. The number of hydrogen-bond acceptors (Lipinski definition) is 3.